The fourth-order valence-electron chi connectivity index (χ4n) is 4.63. The lowest BCUT2D eigenvalue weighted by atomic mass is 10.3. The number of hydrogen-bond donors (Lipinski definition) is 0. The van der Waals surface area contributed by atoms with Gasteiger partial charge in [0.25, 0.3) is 0 Å². The van der Waals surface area contributed by atoms with Gasteiger partial charge in [-0.05, 0) is 28.5 Å². The molecular formula is C14H28SSi. The lowest BCUT2D eigenvalue weighted by Gasteiger charge is -2.53. The first-order valence-electron chi connectivity index (χ1n) is 6.62. The molecule has 2 heteroatoms. The molecule has 1 atom stereocenters. The van der Waals surface area contributed by atoms with Gasteiger partial charge < -0.3 is 0 Å². The summed E-state index contributed by atoms with van der Waals surface area (Å²) in [6.45, 7) is 17.3. The first-order chi connectivity index (χ1) is 7.29. The molecule has 0 amide bonds. The Morgan fingerprint density at radius 1 is 1.00 bits per heavy atom. The van der Waals surface area contributed by atoms with Crippen LogP contribution >= 0.6 is 11.8 Å². The Kier molecular flexibility index (Phi) is 4.39. The first-order valence-corrected chi connectivity index (χ1v) is 9.73. The Labute approximate surface area is 107 Å². The summed E-state index contributed by atoms with van der Waals surface area (Å²) in [5.41, 5.74) is 2.60. The maximum absolute atomic E-state index is 2.53. The van der Waals surface area contributed by atoms with Gasteiger partial charge in [0.1, 0.15) is 0 Å². The molecule has 0 aromatic rings. The highest BCUT2D eigenvalue weighted by Gasteiger charge is 2.56. The molecule has 1 aliphatic heterocycles. The molecule has 0 N–H and O–H groups in total. The molecule has 0 aliphatic carbocycles. The summed E-state index contributed by atoms with van der Waals surface area (Å²) in [5.74, 6) is 0. The maximum atomic E-state index is 2.53. The predicted molar refractivity (Wildman–Crippen MR) is 80.8 cm³/mol. The second-order valence-corrected chi connectivity index (χ2v) is 14.5. The van der Waals surface area contributed by atoms with Crippen LogP contribution in [-0.2, 0) is 0 Å². The van der Waals surface area contributed by atoms with Gasteiger partial charge in [0.2, 0.25) is 0 Å². The van der Waals surface area contributed by atoms with E-state index in [1.807, 2.05) is 0 Å². The molecule has 0 nitrogen and oxygen atoms in total. The van der Waals surface area contributed by atoms with Crippen molar-refractivity contribution < 1.29 is 0 Å². The van der Waals surface area contributed by atoms with Crippen molar-refractivity contribution in [1.29, 1.82) is 0 Å². The van der Waals surface area contributed by atoms with Crippen molar-refractivity contribution in [3.8, 4) is 0 Å². The van der Waals surface area contributed by atoms with E-state index in [1.54, 1.807) is 0 Å². The van der Waals surface area contributed by atoms with Crippen molar-refractivity contribution in [2.45, 2.75) is 75.9 Å². The monoisotopic (exact) mass is 256 g/mol. The second-order valence-electron chi connectivity index (χ2n) is 6.32. The first kappa shape index (κ1) is 14.4. The van der Waals surface area contributed by atoms with Gasteiger partial charge in [0.15, 0.2) is 0 Å². The third-order valence-electron chi connectivity index (χ3n) is 4.71. The summed E-state index contributed by atoms with van der Waals surface area (Å²) in [4.78, 5) is 0. The largest absolute Gasteiger partial charge is 0.131 e. The molecule has 0 spiro atoms. The van der Waals surface area contributed by atoms with Crippen molar-refractivity contribution in [2.75, 3.05) is 0 Å². The van der Waals surface area contributed by atoms with Crippen LogP contribution in [0.2, 0.25) is 16.6 Å². The fraction of sp³-hybridized carbons (Fsp3) is 0.857. The summed E-state index contributed by atoms with van der Waals surface area (Å²) in [5, 5.41) is 2.34. The van der Waals surface area contributed by atoms with Crippen LogP contribution in [0.3, 0.4) is 0 Å². The zero-order chi connectivity index (χ0) is 12.6. The van der Waals surface area contributed by atoms with Gasteiger partial charge in [-0.15, -0.1) is 11.8 Å². The average molecular weight is 257 g/mol. The maximum Gasteiger partial charge on any atom is 0.0797 e. The van der Waals surface area contributed by atoms with E-state index in [0.29, 0.717) is 4.37 Å². The van der Waals surface area contributed by atoms with E-state index >= 15 is 0 Å². The number of allylic oxidation sites excluding steroid dienone is 1. The number of hydrogen-bond acceptors (Lipinski definition) is 1. The van der Waals surface area contributed by atoms with E-state index in [-0.39, 0.29) is 0 Å². The number of thioether (sulfide) groups is 1. The standard InChI is InChI=1S/C14H28SSi/c1-11(2)16(12(3)4,13(5)6)14(7)9-8-10-15-14/h8,10-13H,9H2,1-7H3. The molecule has 0 saturated heterocycles. The Hall–Kier alpha value is 0.307. The lowest BCUT2D eigenvalue weighted by Crippen LogP contribution is -2.60. The van der Waals surface area contributed by atoms with Gasteiger partial charge in [-0.25, -0.2) is 0 Å². The van der Waals surface area contributed by atoms with Gasteiger partial charge in [-0.3, -0.25) is 0 Å². The summed E-state index contributed by atoms with van der Waals surface area (Å²) in [7, 11) is -1.32. The van der Waals surface area contributed by atoms with Gasteiger partial charge in [0.05, 0.1) is 8.07 Å². The Morgan fingerprint density at radius 2 is 1.44 bits per heavy atom. The average Bonchev–Trinajstić information content (AvgIpc) is 2.51. The van der Waals surface area contributed by atoms with Crippen LogP contribution in [0.15, 0.2) is 11.5 Å². The van der Waals surface area contributed by atoms with Crippen molar-refractivity contribution in [1.82, 2.24) is 0 Å². The summed E-state index contributed by atoms with van der Waals surface area (Å²) in [6.07, 6.45) is 3.68. The van der Waals surface area contributed by atoms with E-state index in [0.717, 1.165) is 16.6 Å². The van der Waals surface area contributed by atoms with Crippen molar-refractivity contribution >= 4 is 19.8 Å². The molecule has 0 saturated carbocycles. The highest BCUT2D eigenvalue weighted by Crippen LogP contribution is 2.57. The van der Waals surface area contributed by atoms with E-state index in [4.69, 9.17) is 0 Å². The van der Waals surface area contributed by atoms with Gasteiger partial charge in [0, 0.05) is 4.37 Å². The second kappa shape index (κ2) is 4.89. The van der Waals surface area contributed by atoms with Crippen LogP contribution in [-0.4, -0.2) is 12.4 Å². The highest BCUT2D eigenvalue weighted by atomic mass is 32.2. The molecule has 0 bridgehead atoms. The zero-order valence-electron chi connectivity index (χ0n) is 12.0. The SMILES string of the molecule is CC(C)[Si](C(C)C)(C(C)C)C1(C)CC=CS1. The molecule has 1 unspecified atom stereocenters. The molecule has 16 heavy (non-hydrogen) atoms. The smallest absolute Gasteiger partial charge is 0.0797 e. The predicted octanol–water partition coefficient (Wildman–Crippen LogP) is 5.61. The molecule has 1 rings (SSSR count). The minimum atomic E-state index is -1.32. The minimum Gasteiger partial charge on any atom is -0.131 e. The third-order valence-corrected chi connectivity index (χ3v) is 14.9. The van der Waals surface area contributed by atoms with Gasteiger partial charge in [-0.1, -0.05) is 54.5 Å². The van der Waals surface area contributed by atoms with Crippen molar-refractivity contribution in [3.63, 3.8) is 0 Å². The van der Waals surface area contributed by atoms with Crippen LogP contribution in [0.4, 0.5) is 0 Å². The summed E-state index contributed by atoms with van der Waals surface area (Å²) >= 11 is 2.12. The Bertz CT molecular complexity index is 236. The molecule has 0 radical (unpaired) electrons. The van der Waals surface area contributed by atoms with E-state index in [9.17, 15) is 0 Å². The molecular weight excluding hydrogens is 228 g/mol. The van der Waals surface area contributed by atoms with Crippen LogP contribution in [0.25, 0.3) is 0 Å². The van der Waals surface area contributed by atoms with Gasteiger partial charge >= 0.3 is 0 Å². The van der Waals surface area contributed by atoms with Crippen LogP contribution in [0.5, 0.6) is 0 Å². The zero-order valence-corrected chi connectivity index (χ0v) is 13.8. The number of rotatable bonds is 4. The quantitative estimate of drug-likeness (QED) is 0.589. The normalized spacial score (nSPS) is 26.4. The molecule has 1 heterocycles. The molecule has 0 aromatic carbocycles. The minimum absolute atomic E-state index is 0.517. The fourth-order valence-corrected chi connectivity index (χ4v) is 16.6. The van der Waals surface area contributed by atoms with Crippen molar-refractivity contribution in [2.24, 2.45) is 0 Å². The lowest BCUT2D eigenvalue weighted by molar-refractivity contribution is 0.710. The van der Waals surface area contributed by atoms with Gasteiger partial charge in [-0.2, -0.15) is 0 Å². The van der Waals surface area contributed by atoms with Crippen LogP contribution in [0.1, 0.15) is 54.9 Å². The van der Waals surface area contributed by atoms with Crippen LogP contribution in [0, 0.1) is 0 Å². The molecule has 1 aliphatic rings. The van der Waals surface area contributed by atoms with E-state index in [2.05, 4.69) is 71.7 Å². The molecule has 0 aromatic heterocycles. The van der Waals surface area contributed by atoms with Crippen LogP contribution < -0.4 is 0 Å². The topological polar surface area (TPSA) is 0 Å². The molecule has 0 fully saturated rings. The summed E-state index contributed by atoms with van der Waals surface area (Å²) < 4.78 is 0.517. The van der Waals surface area contributed by atoms with E-state index < -0.39 is 8.07 Å². The Balaban J connectivity index is 3.21. The Morgan fingerprint density at radius 3 is 1.69 bits per heavy atom. The highest BCUT2D eigenvalue weighted by molar-refractivity contribution is 8.05. The third kappa shape index (κ3) is 1.92. The van der Waals surface area contributed by atoms with E-state index in [1.165, 1.54) is 6.42 Å². The molecule has 94 valence electrons. The summed E-state index contributed by atoms with van der Waals surface area (Å²) in [6, 6.07) is 0. The van der Waals surface area contributed by atoms with Crippen molar-refractivity contribution in [3.05, 3.63) is 11.5 Å².